The van der Waals surface area contributed by atoms with Gasteiger partial charge >= 0.3 is 0 Å². The Labute approximate surface area is 452 Å². The Morgan fingerprint density at radius 1 is 0.165 bits per heavy atom. The summed E-state index contributed by atoms with van der Waals surface area (Å²) in [4.78, 5) is 0. The third-order valence-electron chi connectivity index (χ3n) is 17.3. The van der Waals surface area contributed by atoms with Crippen LogP contribution in [0.25, 0.3) is 176 Å². The van der Waals surface area contributed by atoms with Gasteiger partial charge in [-0.1, -0.05) is 218 Å². The number of benzene rings is 15. The predicted octanol–water partition coefficient (Wildman–Crippen LogP) is 21.8. The Hall–Kier alpha value is -10.1. The third kappa shape index (κ3) is 6.10. The summed E-state index contributed by atoms with van der Waals surface area (Å²) in [7, 11) is 0. The van der Waals surface area contributed by atoms with Gasteiger partial charge in [0.25, 0.3) is 0 Å². The molecule has 0 aliphatic heterocycles. The van der Waals surface area contributed by atoms with Crippen LogP contribution in [0.1, 0.15) is 0 Å². The van der Waals surface area contributed by atoms with Crippen molar-refractivity contribution in [2.45, 2.75) is 0 Å². The van der Waals surface area contributed by atoms with Crippen LogP contribution in [0.3, 0.4) is 0 Å². The van der Waals surface area contributed by atoms with Crippen molar-refractivity contribution in [1.82, 2.24) is 0 Å². The van der Waals surface area contributed by atoms with Crippen molar-refractivity contribution in [3.63, 3.8) is 0 Å². The van der Waals surface area contributed by atoms with Gasteiger partial charge in [0.2, 0.25) is 0 Å². The summed E-state index contributed by atoms with van der Waals surface area (Å²) in [5.74, 6) is -1.49. The lowest BCUT2D eigenvalue weighted by molar-refractivity contribution is 0.584. The molecule has 79 heavy (non-hydrogen) atoms. The Morgan fingerprint density at radius 2 is 0.494 bits per heavy atom. The minimum atomic E-state index is -0.613. The van der Waals surface area contributed by atoms with Crippen LogP contribution in [0.15, 0.2) is 249 Å². The van der Waals surface area contributed by atoms with E-state index in [1.165, 1.54) is 94.0 Å². The molecule has 0 fully saturated rings. The number of fused-ring (bicyclic) bond motifs is 10. The Bertz CT molecular complexity index is 5090. The topological polar surface area (TPSA) is 0 Å². The summed E-state index contributed by atoms with van der Waals surface area (Å²) in [6, 6.07) is 85.2. The Balaban J connectivity index is 0.984. The molecule has 3 heteroatoms. The summed E-state index contributed by atoms with van der Waals surface area (Å²) in [6.45, 7) is 0. The molecule has 17 rings (SSSR count). The summed E-state index contributed by atoms with van der Waals surface area (Å²) < 4.78 is 44.9. The van der Waals surface area contributed by atoms with E-state index in [0.29, 0.717) is 5.56 Å². The standard InChI is InChI=1S/C76H41F3/c77-46-29-27-42(28-30-46)49-19-7-9-21-51(49)69-55-25-13-11-23-53(55)65(43-15-3-1-4-16-43)73-61-35-31-57-60-34-38-64-72-62(36-32-58(68(60)72)59-33-37-63(75(69)73)71(61)67(57)59)74-66(44-17-5-2-6-18-44)54-24-12-14-26-56(54)70(76(64)74)52-22-10-8-20-50(52)45-39-47(78)41-48(79)40-45/h1-41H. The zero-order valence-electron chi connectivity index (χ0n) is 42.3. The zero-order valence-corrected chi connectivity index (χ0v) is 42.3. The fourth-order valence-corrected chi connectivity index (χ4v) is 14.3. The summed E-state index contributed by atoms with van der Waals surface area (Å²) >= 11 is 0. The summed E-state index contributed by atoms with van der Waals surface area (Å²) in [5, 5.41) is 14.2. The minimum Gasteiger partial charge on any atom is -0.207 e. The Kier molecular flexibility index (Phi) is 9.18. The highest BCUT2D eigenvalue weighted by molar-refractivity contribution is 6.42. The van der Waals surface area contributed by atoms with Gasteiger partial charge in [-0.05, 0) is 200 Å². The average molecular weight is 1010 g/mol. The monoisotopic (exact) mass is 1010 g/mol. The second-order valence-electron chi connectivity index (χ2n) is 21.2. The lowest BCUT2D eigenvalue weighted by Gasteiger charge is -2.22. The lowest BCUT2D eigenvalue weighted by Crippen LogP contribution is -1.95. The van der Waals surface area contributed by atoms with Gasteiger partial charge in [0.15, 0.2) is 0 Å². The molecule has 0 amide bonds. The van der Waals surface area contributed by atoms with Gasteiger partial charge in [-0.2, -0.15) is 0 Å². The van der Waals surface area contributed by atoms with Crippen LogP contribution < -0.4 is 0 Å². The first-order valence-electron chi connectivity index (χ1n) is 26.9. The first-order chi connectivity index (χ1) is 39.0. The maximum absolute atomic E-state index is 15.2. The van der Waals surface area contributed by atoms with E-state index in [0.717, 1.165) is 94.5 Å². The number of hydrogen-bond acceptors (Lipinski definition) is 0. The predicted molar refractivity (Wildman–Crippen MR) is 324 cm³/mol. The molecule has 0 nitrogen and oxygen atoms in total. The van der Waals surface area contributed by atoms with Crippen molar-refractivity contribution in [3.8, 4) is 111 Å². The molecule has 0 saturated carbocycles. The van der Waals surface area contributed by atoms with Crippen LogP contribution in [0.4, 0.5) is 13.2 Å². The molecule has 0 atom stereocenters. The van der Waals surface area contributed by atoms with E-state index >= 15 is 8.78 Å². The van der Waals surface area contributed by atoms with Gasteiger partial charge in [0.05, 0.1) is 0 Å². The van der Waals surface area contributed by atoms with Gasteiger partial charge in [0, 0.05) is 6.07 Å². The second kappa shape index (κ2) is 16.5. The molecule has 15 aromatic carbocycles. The number of halogens is 3. The fraction of sp³-hybridized carbons (Fsp3) is 0. The molecule has 0 heterocycles. The SMILES string of the molecule is Fc1ccc(-c2ccccc2-c2c3c(c(-c4ccccc4)c4ccccc24)-c2ccc4c5ccc6c7c(ccc(c8ccc-3c2c84)c75)-c2c-6c(-c3ccccc3-c3cc(F)cc(F)c3)c3ccccc3c2-c2ccccc2)cc1. The number of rotatable bonds is 6. The summed E-state index contributed by atoms with van der Waals surface area (Å²) in [5.41, 5.74) is 21.5. The van der Waals surface area contributed by atoms with E-state index in [9.17, 15) is 4.39 Å². The first-order valence-corrected chi connectivity index (χ1v) is 26.9. The molecule has 0 spiro atoms. The quantitative estimate of drug-likeness (QED) is 0.115. The summed E-state index contributed by atoms with van der Waals surface area (Å²) in [6.07, 6.45) is 0. The molecule has 0 unspecified atom stereocenters. The molecular weight excluding hydrogens is 970 g/mol. The molecule has 2 aliphatic rings. The molecule has 0 aromatic heterocycles. The lowest BCUT2D eigenvalue weighted by atomic mass is 9.81. The maximum atomic E-state index is 15.2. The molecule has 0 N–H and O–H groups in total. The van der Waals surface area contributed by atoms with Crippen LogP contribution >= 0.6 is 0 Å². The second-order valence-corrected chi connectivity index (χ2v) is 21.2. The van der Waals surface area contributed by atoms with E-state index in [2.05, 4.69) is 188 Å². The van der Waals surface area contributed by atoms with E-state index in [1.807, 2.05) is 30.3 Å². The highest BCUT2D eigenvalue weighted by atomic mass is 19.1. The van der Waals surface area contributed by atoms with Crippen LogP contribution in [0.2, 0.25) is 0 Å². The van der Waals surface area contributed by atoms with Crippen molar-refractivity contribution in [1.29, 1.82) is 0 Å². The smallest absolute Gasteiger partial charge is 0.126 e. The van der Waals surface area contributed by atoms with Crippen molar-refractivity contribution >= 4 is 64.6 Å². The van der Waals surface area contributed by atoms with Crippen LogP contribution in [-0.4, -0.2) is 0 Å². The first kappa shape index (κ1) is 44.1. The van der Waals surface area contributed by atoms with Crippen molar-refractivity contribution < 1.29 is 13.2 Å². The largest absolute Gasteiger partial charge is 0.207 e. The molecule has 15 aromatic rings. The minimum absolute atomic E-state index is 0.261. The van der Waals surface area contributed by atoms with Crippen molar-refractivity contribution in [3.05, 3.63) is 266 Å². The van der Waals surface area contributed by atoms with E-state index < -0.39 is 11.6 Å². The van der Waals surface area contributed by atoms with Crippen molar-refractivity contribution in [2.24, 2.45) is 0 Å². The van der Waals surface area contributed by atoms with Gasteiger partial charge in [-0.15, -0.1) is 0 Å². The van der Waals surface area contributed by atoms with Crippen LogP contribution in [0, 0.1) is 17.5 Å². The molecule has 366 valence electrons. The third-order valence-corrected chi connectivity index (χ3v) is 17.3. The molecule has 2 aliphatic carbocycles. The molecule has 0 radical (unpaired) electrons. The molecule has 0 bridgehead atoms. The fourth-order valence-electron chi connectivity index (χ4n) is 14.3. The van der Waals surface area contributed by atoms with E-state index in [4.69, 9.17) is 0 Å². The van der Waals surface area contributed by atoms with Gasteiger partial charge in [0.1, 0.15) is 17.5 Å². The van der Waals surface area contributed by atoms with E-state index in [-0.39, 0.29) is 5.82 Å². The Morgan fingerprint density at radius 3 is 0.899 bits per heavy atom. The normalized spacial score (nSPS) is 12.2. The van der Waals surface area contributed by atoms with Gasteiger partial charge in [-0.25, -0.2) is 13.2 Å². The van der Waals surface area contributed by atoms with Gasteiger partial charge < -0.3 is 0 Å². The molecular formula is C76H41F3. The average Bonchev–Trinajstić information content (AvgIpc) is 3.55. The van der Waals surface area contributed by atoms with Crippen LogP contribution in [0.5, 0.6) is 0 Å². The zero-order chi connectivity index (χ0) is 52.2. The number of hydrogen-bond donors (Lipinski definition) is 0. The molecule has 0 saturated heterocycles. The highest BCUT2D eigenvalue weighted by Gasteiger charge is 2.36. The van der Waals surface area contributed by atoms with Crippen molar-refractivity contribution in [2.75, 3.05) is 0 Å². The van der Waals surface area contributed by atoms with E-state index in [1.54, 1.807) is 12.1 Å². The van der Waals surface area contributed by atoms with Crippen LogP contribution in [-0.2, 0) is 0 Å². The maximum Gasteiger partial charge on any atom is 0.126 e. The highest BCUT2D eigenvalue weighted by Crippen LogP contribution is 2.63. The van der Waals surface area contributed by atoms with Gasteiger partial charge in [-0.3, -0.25) is 0 Å².